The van der Waals surface area contributed by atoms with Crippen molar-refractivity contribution < 1.29 is 19.1 Å². The van der Waals surface area contributed by atoms with Crippen molar-refractivity contribution in [3.8, 4) is 0 Å². The van der Waals surface area contributed by atoms with Gasteiger partial charge in [-0.05, 0) is 24.0 Å². The minimum Gasteiger partial charge on any atom is -0.445 e. The summed E-state index contributed by atoms with van der Waals surface area (Å²) >= 11 is 0. The van der Waals surface area contributed by atoms with Gasteiger partial charge in [0.25, 0.3) is 0 Å². The highest BCUT2D eigenvalue weighted by Crippen LogP contribution is 2.05. The van der Waals surface area contributed by atoms with E-state index in [0.717, 1.165) is 24.0 Å². The van der Waals surface area contributed by atoms with Gasteiger partial charge in [0.1, 0.15) is 12.6 Å². The van der Waals surface area contributed by atoms with Crippen LogP contribution in [-0.4, -0.2) is 30.5 Å². The van der Waals surface area contributed by atoms with Crippen LogP contribution in [0.25, 0.3) is 0 Å². The molecule has 0 radical (unpaired) electrons. The molecule has 0 fully saturated rings. The number of primary amides is 1. The van der Waals surface area contributed by atoms with Gasteiger partial charge < -0.3 is 21.1 Å². The first-order valence-corrected chi connectivity index (χ1v) is 10.1. The number of nitrogens with two attached hydrogens (primary N) is 1. The van der Waals surface area contributed by atoms with Crippen LogP contribution in [0.3, 0.4) is 0 Å². The normalized spacial score (nSPS) is 11.3. The second-order valence-corrected chi connectivity index (χ2v) is 7.01. The first-order chi connectivity index (χ1) is 14.5. The molecular formula is C23H29N3O4. The predicted molar refractivity (Wildman–Crippen MR) is 114 cm³/mol. The lowest BCUT2D eigenvalue weighted by atomic mass is 10.1. The van der Waals surface area contributed by atoms with Gasteiger partial charge >= 0.3 is 6.09 Å². The van der Waals surface area contributed by atoms with E-state index in [2.05, 4.69) is 10.6 Å². The van der Waals surface area contributed by atoms with Crippen molar-refractivity contribution in [3.05, 3.63) is 71.8 Å². The summed E-state index contributed by atoms with van der Waals surface area (Å²) in [6.45, 7) is 0.712. The number of amides is 3. The fraction of sp³-hybridized carbons (Fsp3) is 0.348. The van der Waals surface area contributed by atoms with E-state index in [1.165, 1.54) is 0 Å². The van der Waals surface area contributed by atoms with E-state index < -0.39 is 18.0 Å². The minimum atomic E-state index is -0.721. The van der Waals surface area contributed by atoms with Crippen molar-refractivity contribution in [1.29, 1.82) is 0 Å². The topological polar surface area (TPSA) is 111 Å². The molecule has 30 heavy (non-hydrogen) atoms. The summed E-state index contributed by atoms with van der Waals surface area (Å²) in [6, 6.07) is 18.2. The van der Waals surface area contributed by atoms with E-state index in [9.17, 15) is 14.4 Å². The molecule has 7 heteroatoms. The molecule has 0 saturated carbocycles. The fourth-order valence-corrected chi connectivity index (χ4v) is 2.89. The van der Waals surface area contributed by atoms with Crippen LogP contribution in [0.2, 0.25) is 0 Å². The highest BCUT2D eigenvalue weighted by Gasteiger charge is 2.18. The molecule has 3 amide bonds. The van der Waals surface area contributed by atoms with Gasteiger partial charge in [-0.15, -0.1) is 0 Å². The van der Waals surface area contributed by atoms with Crippen LogP contribution in [0.5, 0.6) is 0 Å². The van der Waals surface area contributed by atoms with Crippen molar-refractivity contribution in [1.82, 2.24) is 10.6 Å². The third-order valence-electron chi connectivity index (χ3n) is 4.52. The van der Waals surface area contributed by atoms with E-state index in [4.69, 9.17) is 10.5 Å². The van der Waals surface area contributed by atoms with Crippen LogP contribution in [0.4, 0.5) is 4.79 Å². The number of carbonyl (C=O) groups excluding carboxylic acids is 3. The van der Waals surface area contributed by atoms with E-state index in [1.54, 1.807) is 0 Å². The molecule has 0 aliphatic rings. The molecule has 1 atom stereocenters. The first kappa shape index (κ1) is 22.9. The Balaban J connectivity index is 1.55. The molecule has 0 aromatic heterocycles. The number of benzene rings is 2. The van der Waals surface area contributed by atoms with Crippen molar-refractivity contribution >= 4 is 17.9 Å². The molecule has 4 N–H and O–H groups in total. The highest BCUT2D eigenvalue weighted by molar-refractivity contribution is 5.86. The van der Waals surface area contributed by atoms with Crippen LogP contribution in [0.15, 0.2) is 60.7 Å². The van der Waals surface area contributed by atoms with Gasteiger partial charge in [-0.25, -0.2) is 4.79 Å². The molecule has 0 spiro atoms. The highest BCUT2D eigenvalue weighted by atomic mass is 16.5. The lowest BCUT2D eigenvalue weighted by molar-refractivity contribution is -0.127. The number of alkyl carbamates (subject to hydrolysis) is 1. The molecule has 0 heterocycles. The van der Waals surface area contributed by atoms with Crippen LogP contribution in [-0.2, 0) is 27.4 Å². The maximum atomic E-state index is 12.1. The quantitative estimate of drug-likeness (QED) is 0.466. The molecule has 0 saturated heterocycles. The molecule has 7 nitrogen and oxygen atoms in total. The average Bonchev–Trinajstić information content (AvgIpc) is 2.75. The van der Waals surface area contributed by atoms with E-state index in [-0.39, 0.29) is 12.5 Å². The van der Waals surface area contributed by atoms with Crippen LogP contribution in [0.1, 0.15) is 36.8 Å². The van der Waals surface area contributed by atoms with Crippen LogP contribution >= 0.6 is 0 Å². The Bertz CT molecular complexity index is 797. The van der Waals surface area contributed by atoms with Crippen molar-refractivity contribution in [2.45, 2.75) is 44.8 Å². The zero-order valence-electron chi connectivity index (χ0n) is 17.0. The Morgan fingerprint density at radius 1 is 0.867 bits per heavy atom. The Labute approximate surface area is 177 Å². The zero-order chi connectivity index (χ0) is 21.6. The Hall–Kier alpha value is -3.35. The summed E-state index contributed by atoms with van der Waals surface area (Å²) in [5, 5.41) is 5.40. The molecule has 2 rings (SSSR count). The Morgan fingerprint density at radius 3 is 2.13 bits per heavy atom. The van der Waals surface area contributed by atoms with Gasteiger partial charge in [0.2, 0.25) is 11.8 Å². The van der Waals surface area contributed by atoms with Gasteiger partial charge in [0.15, 0.2) is 0 Å². The van der Waals surface area contributed by atoms with Crippen LogP contribution < -0.4 is 16.4 Å². The van der Waals surface area contributed by atoms with Gasteiger partial charge in [-0.3, -0.25) is 9.59 Å². The number of unbranched alkanes of at least 4 members (excludes halogenated alkanes) is 2. The van der Waals surface area contributed by atoms with Gasteiger partial charge in [0, 0.05) is 19.4 Å². The smallest absolute Gasteiger partial charge is 0.407 e. The third kappa shape index (κ3) is 9.23. The van der Waals surface area contributed by atoms with Gasteiger partial charge in [-0.1, -0.05) is 67.1 Å². The number of hydrogen-bond acceptors (Lipinski definition) is 4. The summed E-state index contributed by atoms with van der Waals surface area (Å²) in [7, 11) is 0. The van der Waals surface area contributed by atoms with Gasteiger partial charge in [0.05, 0.1) is 0 Å². The summed E-state index contributed by atoms with van der Waals surface area (Å²) < 4.78 is 5.13. The van der Waals surface area contributed by atoms with E-state index in [1.807, 2.05) is 60.7 Å². The average molecular weight is 412 g/mol. The lowest BCUT2D eigenvalue weighted by Gasteiger charge is -2.15. The number of rotatable bonds is 12. The van der Waals surface area contributed by atoms with E-state index in [0.29, 0.717) is 25.8 Å². The second kappa shape index (κ2) is 13.0. The fourth-order valence-electron chi connectivity index (χ4n) is 2.89. The Morgan fingerprint density at radius 2 is 1.50 bits per heavy atom. The SMILES string of the molecule is NC(=O)[C@H](Cc1ccccc1)NC(=O)CCCCCNC(=O)OCc1ccccc1. The number of nitrogens with one attached hydrogen (secondary N) is 2. The number of hydrogen-bond donors (Lipinski definition) is 3. The zero-order valence-corrected chi connectivity index (χ0v) is 17.0. The summed E-state index contributed by atoms with van der Waals surface area (Å²) in [6.07, 6.45) is 2.38. The first-order valence-electron chi connectivity index (χ1n) is 10.1. The molecule has 0 aliphatic heterocycles. The minimum absolute atomic E-state index is 0.204. The summed E-state index contributed by atoms with van der Waals surface area (Å²) in [5.74, 6) is -0.754. The summed E-state index contributed by atoms with van der Waals surface area (Å²) in [4.78, 5) is 35.4. The van der Waals surface area contributed by atoms with Crippen LogP contribution in [0, 0.1) is 0 Å². The number of ether oxygens (including phenoxy) is 1. The molecular weight excluding hydrogens is 382 g/mol. The monoisotopic (exact) mass is 411 g/mol. The Kier molecular flexibility index (Phi) is 9.92. The second-order valence-electron chi connectivity index (χ2n) is 7.01. The molecule has 2 aromatic rings. The van der Waals surface area contributed by atoms with Crippen molar-refractivity contribution in [3.63, 3.8) is 0 Å². The molecule has 0 bridgehead atoms. The molecule has 0 unspecified atom stereocenters. The lowest BCUT2D eigenvalue weighted by Crippen LogP contribution is -2.45. The maximum absolute atomic E-state index is 12.1. The molecule has 160 valence electrons. The number of carbonyl (C=O) groups is 3. The third-order valence-corrected chi connectivity index (χ3v) is 4.52. The maximum Gasteiger partial charge on any atom is 0.407 e. The predicted octanol–water partition coefficient (Wildman–Crippen LogP) is 2.69. The summed E-state index contributed by atoms with van der Waals surface area (Å²) in [5.41, 5.74) is 7.28. The molecule has 0 aliphatic carbocycles. The molecule has 2 aromatic carbocycles. The largest absolute Gasteiger partial charge is 0.445 e. The van der Waals surface area contributed by atoms with E-state index >= 15 is 0 Å². The van der Waals surface area contributed by atoms with Gasteiger partial charge in [-0.2, -0.15) is 0 Å². The van der Waals surface area contributed by atoms with Crippen molar-refractivity contribution in [2.24, 2.45) is 5.73 Å². The standard InChI is InChI=1S/C23H29N3O4/c24-22(28)20(16-18-10-4-1-5-11-18)26-21(27)14-8-3-9-15-25-23(29)30-17-19-12-6-2-7-13-19/h1-2,4-7,10-13,20H,3,8-9,14-17H2,(H2,24,28)(H,25,29)(H,26,27)/t20-/m0/s1. The van der Waals surface area contributed by atoms with Crippen molar-refractivity contribution in [2.75, 3.05) is 6.54 Å².